The number of rotatable bonds is 4. The van der Waals surface area contributed by atoms with Gasteiger partial charge in [0.2, 0.25) is 0 Å². The molecule has 1 aliphatic heterocycles. The van der Waals surface area contributed by atoms with Gasteiger partial charge in [0.15, 0.2) is 0 Å². The van der Waals surface area contributed by atoms with E-state index >= 15 is 0 Å². The SMILES string of the molecule is OC[C@@H](c1ccccc1)N1CCC[C@@H]1C1=CC=CC1. The van der Waals surface area contributed by atoms with E-state index in [-0.39, 0.29) is 12.6 Å². The molecule has 0 unspecified atom stereocenters. The molecule has 0 amide bonds. The average molecular weight is 255 g/mol. The third kappa shape index (κ3) is 2.51. The molecule has 0 bridgehead atoms. The smallest absolute Gasteiger partial charge is 0.0628 e. The van der Waals surface area contributed by atoms with E-state index in [4.69, 9.17) is 0 Å². The van der Waals surface area contributed by atoms with Crippen LogP contribution in [0.15, 0.2) is 54.1 Å². The molecule has 1 aliphatic carbocycles. The summed E-state index contributed by atoms with van der Waals surface area (Å²) in [4.78, 5) is 2.48. The number of hydrogen-bond donors (Lipinski definition) is 1. The van der Waals surface area contributed by atoms with Crippen LogP contribution in [-0.2, 0) is 0 Å². The summed E-state index contributed by atoms with van der Waals surface area (Å²) in [6.45, 7) is 1.28. The first-order valence-corrected chi connectivity index (χ1v) is 7.17. The highest BCUT2D eigenvalue weighted by atomic mass is 16.3. The monoisotopic (exact) mass is 255 g/mol. The minimum absolute atomic E-state index is 0.134. The van der Waals surface area contributed by atoms with Gasteiger partial charge in [0, 0.05) is 6.04 Å². The van der Waals surface area contributed by atoms with Gasteiger partial charge in [-0.05, 0) is 36.9 Å². The van der Waals surface area contributed by atoms with Gasteiger partial charge >= 0.3 is 0 Å². The summed E-state index contributed by atoms with van der Waals surface area (Å²) in [5.74, 6) is 0. The summed E-state index contributed by atoms with van der Waals surface area (Å²) in [5.41, 5.74) is 2.73. The van der Waals surface area contributed by atoms with Crippen molar-refractivity contribution >= 4 is 0 Å². The first-order valence-electron chi connectivity index (χ1n) is 7.17. The molecule has 2 nitrogen and oxygen atoms in total. The second kappa shape index (κ2) is 5.72. The van der Waals surface area contributed by atoms with Crippen molar-refractivity contribution in [3.05, 3.63) is 59.7 Å². The summed E-state index contributed by atoms with van der Waals surface area (Å²) in [5, 5.41) is 9.82. The van der Waals surface area contributed by atoms with E-state index in [1.807, 2.05) is 6.07 Å². The molecule has 2 aliphatic rings. The Balaban J connectivity index is 1.82. The molecular weight excluding hydrogens is 234 g/mol. The standard InChI is InChI=1S/C17H21NO/c19-13-17(15-7-2-1-3-8-15)18-12-6-11-16(18)14-9-4-5-10-14/h1-5,7-9,16-17,19H,6,10-13H2/t16-,17+/m1/s1. The summed E-state index contributed by atoms with van der Waals surface area (Å²) in [7, 11) is 0. The van der Waals surface area contributed by atoms with Gasteiger partial charge in [-0.2, -0.15) is 0 Å². The third-order valence-corrected chi connectivity index (χ3v) is 4.28. The highest BCUT2D eigenvalue weighted by Gasteiger charge is 2.33. The number of aliphatic hydroxyl groups excluding tert-OH is 1. The van der Waals surface area contributed by atoms with Crippen molar-refractivity contribution in [3.63, 3.8) is 0 Å². The van der Waals surface area contributed by atoms with Gasteiger partial charge in [-0.1, -0.05) is 48.6 Å². The maximum Gasteiger partial charge on any atom is 0.0628 e. The molecule has 19 heavy (non-hydrogen) atoms. The van der Waals surface area contributed by atoms with E-state index in [1.54, 1.807) is 0 Å². The first-order chi connectivity index (χ1) is 9.40. The van der Waals surface area contributed by atoms with Crippen LogP contribution in [0, 0.1) is 0 Å². The Morgan fingerprint density at radius 2 is 2.11 bits per heavy atom. The van der Waals surface area contributed by atoms with Gasteiger partial charge in [-0.3, -0.25) is 4.90 Å². The lowest BCUT2D eigenvalue weighted by Gasteiger charge is -2.33. The number of nitrogens with zero attached hydrogens (tertiary/aromatic N) is 1. The third-order valence-electron chi connectivity index (χ3n) is 4.28. The first kappa shape index (κ1) is 12.6. The predicted octanol–water partition coefficient (Wildman–Crippen LogP) is 3.07. The molecule has 1 aromatic carbocycles. The van der Waals surface area contributed by atoms with Crippen LogP contribution in [0.25, 0.3) is 0 Å². The minimum Gasteiger partial charge on any atom is -0.394 e. The molecule has 0 saturated carbocycles. The van der Waals surface area contributed by atoms with Crippen molar-refractivity contribution in [1.29, 1.82) is 0 Å². The summed E-state index contributed by atoms with van der Waals surface area (Å²) >= 11 is 0. The van der Waals surface area contributed by atoms with Crippen molar-refractivity contribution in [3.8, 4) is 0 Å². The fourth-order valence-electron chi connectivity index (χ4n) is 3.35. The molecule has 1 fully saturated rings. The van der Waals surface area contributed by atoms with Crippen molar-refractivity contribution in [2.24, 2.45) is 0 Å². The molecule has 3 rings (SSSR count). The zero-order valence-corrected chi connectivity index (χ0v) is 11.2. The number of allylic oxidation sites excluding steroid dienone is 3. The Kier molecular flexibility index (Phi) is 3.81. The molecule has 0 radical (unpaired) electrons. The molecule has 1 saturated heterocycles. The van der Waals surface area contributed by atoms with E-state index in [0.29, 0.717) is 6.04 Å². The average Bonchev–Trinajstić information content (AvgIpc) is 3.11. The number of likely N-dealkylation sites (tertiary alicyclic amines) is 1. The molecule has 1 heterocycles. The summed E-state index contributed by atoms with van der Waals surface area (Å²) in [6.07, 6.45) is 10.2. The van der Waals surface area contributed by atoms with Crippen LogP contribution in [0.4, 0.5) is 0 Å². The highest BCUT2D eigenvalue weighted by Crippen LogP contribution is 2.34. The van der Waals surface area contributed by atoms with Crippen LogP contribution in [0.5, 0.6) is 0 Å². The van der Waals surface area contributed by atoms with Crippen LogP contribution in [0.2, 0.25) is 0 Å². The Bertz CT molecular complexity index is 477. The van der Waals surface area contributed by atoms with Crippen LogP contribution >= 0.6 is 0 Å². The number of benzene rings is 1. The predicted molar refractivity (Wildman–Crippen MR) is 77.8 cm³/mol. The molecule has 0 aromatic heterocycles. The summed E-state index contributed by atoms with van der Waals surface area (Å²) in [6, 6.07) is 11.0. The van der Waals surface area contributed by atoms with Crippen molar-refractivity contribution in [2.45, 2.75) is 31.3 Å². The van der Waals surface area contributed by atoms with Crippen LogP contribution in [-0.4, -0.2) is 29.2 Å². The Morgan fingerprint density at radius 3 is 2.79 bits per heavy atom. The van der Waals surface area contributed by atoms with E-state index < -0.39 is 0 Å². The fraction of sp³-hybridized carbons (Fsp3) is 0.412. The molecule has 2 heteroatoms. The van der Waals surface area contributed by atoms with Crippen molar-refractivity contribution in [2.75, 3.05) is 13.2 Å². The number of hydrogen-bond acceptors (Lipinski definition) is 2. The second-order valence-electron chi connectivity index (χ2n) is 5.38. The lowest BCUT2D eigenvalue weighted by atomic mass is 10.00. The van der Waals surface area contributed by atoms with Gasteiger partial charge in [0.1, 0.15) is 0 Å². The molecule has 2 atom stereocenters. The van der Waals surface area contributed by atoms with Crippen LogP contribution in [0.1, 0.15) is 30.9 Å². The topological polar surface area (TPSA) is 23.5 Å². The fourth-order valence-corrected chi connectivity index (χ4v) is 3.35. The lowest BCUT2D eigenvalue weighted by Crippen LogP contribution is -2.36. The normalized spacial score (nSPS) is 24.7. The van der Waals surface area contributed by atoms with E-state index in [9.17, 15) is 5.11 Å². The number of aliphatic hydroxyl groups is 1. The van der Waals surface area contributed by atoms with Crippen molar-refractivity contribution in [1.82, 2.24) is 4.90 Å². The maximum atomic E-state index is 9.82. The Hall–Kier alpha value is -1.38. The molecule has 100 valence electrons. The Morgan fingerprint density at radius 1 is 1.26 bits per heavy atom. The molecule has 1 aromatic rings. The molecular formula is C17H21NO. The lowest BCUT2D eigenvalue weighted by molar-refractivity contribution is 0.123. The zero-order valence-electron chi connectivity index (χ0n) is 11.2. The van der Waals surface area contributed by atoms with Crippen molar-refractivity contribution < 1.29 is 5.11 Å². The largest absolute Gasteiger partial charge is 0.394 e. The molecule has 1 N–H and O–H groups in total. The maximum absolute atomic E-state index is 9.82. The van der Waals surface area contributed by atoms with Crippen LogP contribution in [0.3, 0.4) is 0 Å². The van der Waals surface area contributed by atoms with E-state index in [1.165, 1.54) is 24.0 Å². The second-order valence-corrected chi connectivity index (χ2v) is 5.38. The van der Waals surface area contributed by atoms with Gasteiger partial charge in [0.05, 0.1) is 12.6 Å². The molecule has 0 spiro atoms. The quantitative estimate of drug-likeness (QED) is 0.893. The summed E-state index contributed by atoms with van der Waals surface area (Å²) < 4.78 is 0. The van der Waals surface area contributed by atoms with Crippen LogP contribution < -0.4 is 0 Å². The highest BCUT2D eigenvalue weighted by molar-refractivity contribution is 5.29. The van der Waals surface area contributed by atoms with Gasteiger partial charge in [-0.25, -0.2) is 0 Å². The van der Waals surface area contributed by atoms with Gasteiger partial charge < -0.3 is 5.11 Å². The minimum atomic E-state index is 0.134. The van der Waals surface area contributed by atoms with Gasteiger partial charge in [-0.15, -0.1) is 0 Å². The zero-order chi connectivity index (χ0) is 13.1. The van der Waals surface area contributed by atoms with E-state index in [0.717, 1.165) is 13.0 Å². The van der Waals surface area contributed by atoms with Gasteiger partial charge in [0.25, 0.3) is 0 Å². The van der Waals surface area contributed by atoms with E-state index in [2.05, 4.69) is 47.4 Å². The Labute approximate surface area is 115 Å².